The Kier molecular flexibility index (Phi) is 19.3. The molecule has 0 heterocycles. The molecule has 0 heteroatoms. The molecular formula is C62H68. The van der Waals surface area contributed by atoms with E-state index in [9.17, 15) is 0 Å². The third-order valence-corrected chi connectivity index (χ3v) is 11.4. The van der Waals surface area contributed by atoms with Gasteiger partial charge in [-0.15, -0.1) is 12.8 Å². The summed E-state index contributed by atoms with van der Waals surface area (Å²) in [4.78, 5) is 0. The molecule has 0 saturated heterocycles. The van der Waals surface area contributed by atoms with Crippen LogP contribution in [-0.2, 0) is 6.42 Å². The zero-order valence-electron chi connectivity index (χ0n) is 39.1. The summed E-state index contributed by atoms with van der Waals surface area (Å²) in [5, 5.41) is 10.5. The summed E-state index contributed by atoms with van der Waals surface area (Å²) in [6.45, 7) is 21.1. The fourth-order valence-electron chi connectivity index (χ4n) is 8.15. The summed E-state index contributed by atoms with van der Waals surface area (Å²) in [5.74, 6) is 0. The first-order valence-electron chi connectivity index (χ1n) is 22.9. The van der Waals surface area contributed by atoms with Crippen molar-refractivity contribution in [2.75, 3.05) is 0 Å². The van der Waals surface area contributed by atoms with Gasteiger partial charge in [-0.2, -0.15) is 0 Å². The van der Waals surface area contributed by atoms with Crippen LogP contribution in [0.3, 0.4) is 0 Å². The lowest BCUT2D eigenvalue weighted by Gasteiger charge is -2.13. The van der Waals surface area contributed by atoms with E-state index >= 15 is 0 Å². The summed E-state index contributed by atoms with van der Waals surface area (Å²) in [5.41, 5.74) is 13.2. The summed E-state index contributed by atoms with van der Waals surface area (Å²) in [6.07, 6.45) is 28.1. The second kappa shape index (κ2) is 24.7. The van der Waals surface area contributed by atoms with Crippen LogP contribution in [0.4, 0.5) is 0 Å². The number of terminal acetylenes is 1. The average Bonchev–Trinajstić information content (AvgIpc) is 3.36. The highest BCUT2D eigenvalue weighted by atomic mass is 14.1. The van der Waals surface area contributed by atoms with E-state index in [-0.39, 0.29) is 0 Å². The fraction of sp³-hybridized carbons (Fsp3) is 0.226. The number of hydrogen-bond donors (Lipinski definition) is 0. The number of benzene rings is 7. The van der Waals surface area contributed by atoms with E-state index < -0.39 is 0 Å². The van der Waals surface area contributed by atoms with Gasteiger partial charge in [0.2, 0.25) is 0 Å². The second-order valence-corrected chi connectivity index (χ2v) is 14.8. The molecule has 0 spiro atoms. The minimum absolute atomic E-state index is 0.879. The topological polar surface area (TPSA) is 0 Å². The van der Waals surface area contributed by atoms with E-state index in [0.29, 0.717) is 0 Å². The molecule has 1 aliphatic carbocycles. The lowest BCUT2D eigenvalue weighted by atomic mass is 9.92. The van der Waals surface area contributed by atoms with Gasteiger partial charge in [0, 0.05) is 0 Å². The number of fused-ring (bicyclic) bond motifs is 3. The van der Waals surface area contributed by atoms with Crippen LogP contribution in [-0.4, -0.2) is 0 Å². The number of aryl methyl sites for hydroxylation is 1. The normalized spacial score (nSPS) is 12.9. The minimum Gasteiger partial charge on any atom is -0.124 e. The third-order valence-electron chi connectivity index (χ3n) is 11.4. The molecule has 0 nitrogen and oxygen atoms in total. The van der Waals surface area contributed by atoms with Crippen molar-refractivity contribution in [1.29, 1.82) is 0 Å². The Bertz CT molecular complexity index is 2830. The van der Waals surface area contributed by atoms with Crippen molar-refractivity contribution >= 4 is 61.2 Å². The number of rotatable bonds is 8. The Hall–Kier alpha value is -6.42. The van der Waals surface area contributed by atoms with E-state index in [1.54, 1.807) is 0 Å². The van der Waals surface area contributed by atoms with Crippen molar-refractivity contribution in [3.05, 3.63) is 196 Å². The molecule has 8 rings (SSSR count). The van der Waals surface area contributed by atoms with Crippen LogP contribution in [0.2, 0.25) is 0 Å². The predicted octanol–water partition coefficient (Wildman–Crippen LogP) is 16.9. The average molecular weight is 813 g/mol. The van der Waals surface area contributed by atoms with Gasteiger partial charge in [-0.05, 0) is 151 Å². The van der Waals surface area contributed by atoms with Crippen molar-refractivity contribution in [1.82, 2.24) is 0 Å². The van der Waals surface area contributed by atoms with E-state index in [0.717, 1.165) is 25.7 Å². The van der Waals surface area contributed by atoms with Crippen LogP contribution in [0.5, 0.6) is 0 Å². The maximum Gasteiger partial charge on any atom is -0.00879 e. The molecule has 0 N–H and O–H groups in total. The van der Waals surface area contributed by atoms with Crippen molar-refractivity contribution in [2.24, 2.45) is 0 Å². The van der Waals surface area contributed by atoms with Crippen LogP contribution < -0.4 is 10.4 Å². The Morgan fingerprint density at radius 3 is 1.95 bits per heavy atom. The SMILES string of the molecule is C#C.CC.CC.CC.CC/C(C)=c1/c(=C\C=C(/C)c2ccc(C/C=C\c3ccc4ccc(C5=CC=CCC5)cc4c3C)c3ccccc23)ccc2ccc(-c3ccccc3)cc12. The van der Waals surface area contributed by atoms with Crippen LogP contribution in [0, 0.1) is 19.8 Å². The van der Waals surface area contributed by atoms with Crippen LogP contribution in [0.15, 0.2) is 158 Å². The van der Waals surface area contributed by atoms with Gasteiger partial charge < -0.3 is 0 Å². The standard InChI is InChI=1S/C54H48.3C2H6.C2H2/c1-5-37(2)54-46(30-27-45-29-32-48(36-53(45)54)42-17-10-7-11-18-42)24-23-38(3)49-34-33-43(50-21-12-13-22-51(49)50)20-14-19-40-25-26-44-28-31-47(35-52(44)39(40)4)41-15-8-6-9-16-41;4*1-2/h6-8,10-15,17-19,21-36H,5,9,16,20H2,1-4H3;3*1-2H3;1-2H/b19-14-,38-23+,46-24-,54-37-;;;;. The van der Waals surface area contributed by atoms with E-state index in [1.807, 2.05) is 41.5 Å². The van der Waals surface area contributed by atoms with E-state index in [1.165, 1.54) is 98.4 Å². The van der Waals surface area contributed by atoms with Gasteiger partial charge in [-0.3, -0.25) is 0 Å². The third kappa shape index (κ3) is 11.3. The largest absolute Gasteiger partial charge is 0.124 e. The molecule has 0 fully saturated rings. The molecule has 0 amide bonds. The molecule has 62 heavy (non-hydrogen) atoms. The maximum atomic E-state index is 4.00. The van der Waals surface area contributed by atoms with Gasteiger partial charge in [-0.25, -0.2) is 0 Å². The molecule has 0 unspecified atom stereocenters. The number of hydrogen-bond acceptors (Lipinski definition) is 0. The van der Waals surface area contributed by atoms with E-state index in [2.05, 4.69) is 210 Å². The van der Waals surface area contributed by atoms with Crippen molar-refractivity contribution in [3.63, 3.8) is 0 Å². The zero-order valence-corrected chi connectivity index (χ0v) is 39.1. The highest BCUT2D eigenvalue weighted by molar-refractivity contribution is 5.97. The smallest absolute Gasteiger partial charge is 0.00879 e. The van der Waals surface area contributed by atoms with Gasteiger partial charge in [0.15, 0.2) is 0 Å². The molecule has 1 aliphatic rings. The van der Waals surface area contributed by atoms with Crippen molar-refractivity contribution in [3.8, 4) is 24.0 Å². The van der Waals surface area contributed by atoms with Gasteiger partial charge in [-0.1, -0.05) is 212 Å². The Morgan fingerprint density at radius 1 is 0.629 bits per heavy atom. The highest BCUT2D eigenvalue weighted by Gasteiger charge is 2.10. The molecule has 7 aromatic rings. The fourth-order valence-corrected chi connectivity index (χ4v) is 8.15. The molecule has 316 valence electrons. The lowest BCUT2D eigenvalue weighted by molar-refractivity contribution is 1.05. The Balaban J connectivity index is 0.000001000. The molecule has 0 aromatic heterocycles. The summed E-state index contributed by atoms with van der Waals surface area (Å²) >= 11 is 0. The first kappa shape index (κ1) is 48.2. The first-order valence-corrected chi connectivity index (χ1v) is 22.9. The molecule has 7 aromatic carbocycles. The summed E-state index contributed by atoms with van der Waals surface area (Å²) in [6, 6.07) is 47.2. The van der Waals surface area contributed by atoms with Crippen molar-refractivity contribution < 1.29 is 0 Å². The minimum atomic E-state index is 0.879. The predicted molar refractivity (Wildman–Crippen MR) is 282 cm³/mol. The Labute approximate surface area is 374 Å². The second-order valence-electron chi connectivity index (χ2n) is 14.8. The van der Waals surface area contributed by atoms with Gasteiger partial charge in [0.25, 0.3) is 0 Å². The first-order chi connectivity index (χ1) is 30.5. The summed E-state index contributed by atoms with van der Waals surface area (Å²) < 4.78 is 0. The highest BCUT2D eigenvalue weighted by Crippen LogP contribution is 2.31. The van der Waals surface area contributed by atoms with Gasteiger partial charge >= 0.3 is 0 Å². The van der Waals surface area contributed by atoms with Gasteiger partial charge in [0.1, 0.15) is 0 Å². The quantitative estimate of drug-likeness (QED) is 0.134. The molecule has 0 saturated carbocycles. The van der Waals surface area contributed by atoms with Crippen molar-refractivity contribution in [2.45, 2.75) is 94.9 Å². The van der Waals surface area contributed by atoms with E-state index in [4.69, 9.17) is 0 Å². The van der Waals surface area contributed by atoms with Crippen LogP contribution in [0.1, 0.15) is 109 Å². The molecule has 0 radical (unpaired) electrons. The summed E-state index contributed by atoms with van der Waals surface area (Å²) in [7, 11) is 0. The molecule has 0 bridgehead atoms. The zero-order chi connectivity index (χ0) is 45.0. The maximum absolute atomic E-state index is 4.00. The lowest BCUT2D eigenvalue weighted by Crippen LogP contribution is -2.27. The van der Waals surface area contributed by atoms with Crippen LogP contribution in [0.25, 0.3) is 72.3 Å². The monoisotopic (exact) mass is 813 g/mol. The molecule has 0 aliphatic heterocycles. The van der Waals surface area contributed by atoms with Crippen LogP contribution >= 0.6 is 0 Å². The number of allylic oxidation sites excluding steroid dienone is 7. The van der Waals surface area contributed by atoms with Gasteiger partial charge in [0.05, 0.1) is 0 Å². The molecular weight excluding hydrogens is 745 g/mol. The molecule has 0 atom stereocenters. The Morgan fingerprint density at radius 2 is 1.26 bits per heavy atom.